The lowest BCUT2D eigenvalue weighted by atomic mass is 10.2. The average molecular weight is 385 g/mol. The second-order valence-corrected chi connectivity index (χ2v) is 6.70. The molecule has 0 atom stereocenters. The molecule has 3 rings (SSSR count). The van der Waals surface area contributed by atoms with Crippen LogP contribution in [0.1, 0.15) is 22.6 Å². The van der Waals surface area contributed by atoms with E-state index >= 15 is 0 Å². The largest absolute Gasteiger partial charge is 0.369 e. The molecule has 0 saturated heterocycles. The van der Waals surface area contributed by atoms with Crippen LogP contribution in [0.3, 0.4) is 0 Å². The first-order valence-electron chi connectivity index (χ1n) is 9.16. The minimum atomic E-state index is -0.372. The first-order chi connectivity index (χ1) is 13.5. The van der Waals surface area contributed by atoms with Gasteiger partial charge in [-0.05, 0) is 63.5 Å². The van der Waals surface area contributed by atoms with E-state index < -0.39 is 0 Å². The van der Waals surface area contributed by atoms with E-state index in [0.29, 0.717) is 30.0 Å². The number of carbonyl (C=O) groups is 1. The summed E-state index contributed by atoms with van der Waals surface area (Å²) in [6, 6.07) is 9.16. The average Bonchev–Trinajstić information content (AvgIpc) is 3.08. The van der Waals surface area contributed by atoms with E-state index in [4.69, 9.17) is 0 Å². The zero-order chi connectivity index (χ0) is 19.9. The number of fused-ring (bicyclic) bond motifs is 1. The molecule has 0 spiro atoms. The Morgan fingerprint density at radius 3 is 2.64 bits per heavy atom. The minimum absolute atomic E-state index is 0.259. The lowest BCUT2D eigenvalue weighted by molar-refractivity contribution is 0.0954. The van der Waals surface area contributed by atoms with E-state index in [1.54, 1.807) is 4.52 Å². The summed E-state index contributed by atoms with van der Waals surface area (Å²) in [5.41, 5.74) is 1.06. The highest BCUT2D eigenvalue weighted by atomic mass is 19.1. The van der Waals surface area contributed by atoms with Crippen molar-refractivity contribution >= 4 is 17.4 Å². The molecule has 28 heavy (non-hydrogen) atoms. The zero-order valence-electron chi connectivity index (χ0n) is 16.0. The SMILES string of the molecule is CN(C)CCCNc1ccc2nnc(CCNC(=O)c3ccc(F)cc3)n2n1. The summed E-state index contributed by atoms with van der Waals surface area (Å²) in [5, 5.41) is 18.9. The summed E-state index contributed by atoms with van der Waals surface area (Å²) in [4.78, 5) is 14.2. The lowest BCUT2D eigenvalue weighted by Gasteiger charge is -2.10. The number of benzene rings is 1. The monoisotopic (exact) mass is 385 g/mol. The van der Waals surface area contributed by atoms with E-state index in [2.05, 4.69) is 30.8 Å². The molecule has 0 aliphatic carbocycles. The molecular formula is C19H24FN7O. The van der Waals surface area contributed by atoms with Gasteiger partial charge in [0.1, 0.15) is 11.6 Å². The van der Waals surface area contributed by atoms with Gasteiger partial charge in [0, 0.05) is 25.1 Å². The van der Waals surface area contributed by atoms with Crippen LogP contribution in [0.5, 0.6) is 0 Å². The van der Waals surface area contributed by atoms with Crippen LogP contribution < -0.4 is 10.6 Å². The van der Waals surface area contributed by atoms with Gasteiger partial charge in [0.05, 0.1) is 0 Å². The summed E-state index contributed by atoms with van der Waals surface area (Å²) >= 11 is 0. The molecule has 0 radical (unpaired) electrons. The van der Waals surface area contributed by atoms with Crippen molar-refractivity contribution in [3.05, 3.63) is 53.6 Å². The number of aromatic nitrogens is 4. The van der Waals surface area contributed by atoms with Gasteiger partial charge in [-0.15, -0.1) is 15.3 Å². The van der Waals surface area contributed by atoms with E-state index in [0.717, 1.165) is 25.3 Å². The van der Waals surface area contributed by atoms with Gasteiger partial charge >= 0.3 is 0 Å². The minimum Gasteiger partial charge on any atom is -0.369 e. The van der Waals surface area contributed by atoms with E-state index in [1.165, 1.54) is 24.3 Å². The van der Waals surface area contributed by atoms with Gasteiger partial charge < -0.3 is 15.5 Å². The van der Waals surface area contributed by atoms with Crippen molar-refractivity contribution in [3.63, 3.8) is 0 Å². The van der Waals surface area contributed by atoms with Crippen LogP contribution in [0.2, 0.25) is 0 Å². The smallest absolute Gasteiger partial charge is 0.251 e. The first kappa shape index (κ1) is 19.7. The Bertz CT molecular complexity index is 924. The zero-order valence-corrected chi connectivity index (χ0v) is 16.0. The van der Waals surface area contributed by atoms with Crippen LogP contribution in [-0.2, 0) is 6.42 Å². The third kappa shape index (κ3) is 5.23. The summed E-state index contributed by atoms with van der Waals surface area (Å²) in [6.45, 7) is 2.20. The number of nitrogens with one attached hydrogen (secondary N) is 2. The normalized spacial score (nSPS) is 11.1. The lowest BCUT2D eigenvalue weighted by Crippen LogP contribution is -2.26. The molecule has 0 bridgehead atoms. The van der Waals surface area contributed by atoms with Gasteiger partial charge in [-0.1, -0.05) is 0 Å². The van der Waals surface area contributed by atoms with Crippen molar-refractivity contribution in [3.8, 4) is 0 Å². The molecule has 2 heterocycles. The standard InChI is InChI=1S/C19H24FN7O/c1-26(2)13-3-11-21-16-8-9-17-23-24-18(27(17)25-16)10-12-22-19(28)14-4-6-15(20)7-5-14/h4-9H,3,10-13H2,1-2H3,(H,21,25)(H,22,28). The Morgan fingerprint density at radius 1 is 1.11 bits per heavy atom. The maximum absolute atomic E-state index is 12.9. The number of nitrogens with zero attached hydrogens (tertiary/aromatic N) is 5. The quantitative estimate of drug-likeness (QED) is 0.544. The number of anilines is 1. The van der Waals surface area contributed by atoms with E-state index in [9.17, 15) is 9.18 Å². The van der Waals surface area contributed by atoms with Crippen molar-refractivity contribution in [1.29, 1.82) is 0 Å². The number of hydrogen-bond donors (Lipinski definition) is 2. The van der Waals surface area contributed by atoms with E-state index in [1.807, 2.05) is 26.2 Å². The fourth-order valence-electron chi connectivity index (χ4n) is 2.69. The highest BCUT2D eigenvalue weighted by molar-refractivity contribution is 5.94. The molecule has 0 saturated carbocycles. The third-order valence-corrected chi connectivity index (χ3v) is 4.16. The van der Waals surface area contributed by atoms with Crippen molar-refractivity contribution in [2.24, 2.45) is 0 Å². The Hall–Kier alpha value is -3.07. The molecule has 0 aliphatic heterocycles. The van der Waals surface area contributed by atoms with Crippen LogP contribution in [-0.4, -0.2) is 64.3 Å². The summed E-state index contributed by atoms with van der Waals surface area (Å²) in [5.74, 6) is 0.780. The number of halogens is 1. The molecule has 2 aromatic heterocycles. The van der Waals surface area contributed by atoms with E-state index in [-0.39, 0.29) is 11.7 Å². The number of amides is 1. The molecule has 9 heteroatoms. The van der Waals surface area contributed by atoms with Gasteiger partial charge in [-0.25, -0.2) is 4.39 Å². The number of rotatable bonds is 9. The maximum atomic E-state index is 12.9. The van der Waals surface area contributed by atoms with Crippen LogP contribution in [0, 0.1) is 5.82 Å². The molecule has 1 amide bonds. The molecule has 0 fully saturated rings. The third-order valence-electron chi connectivity index (χ3n) is 4.16. The van der Waals surface area contributed by atoms with Gasteiger partial charge in [-0.3, -0.25) is 4.79 Å². The van der Waals surface area contributed by atoms with Crippen LogP contribution in [0.15, 0.2) is 36.4 Å². The second-order valence-electron chi connectivity index (χ2n) is 6.70. The van der Waals surface area contributed by atoms with Crippen molar-refractivity contribution in [1.82, 2.24) is 30.0 Å². The van der Waals surface area contributed by atoms with Crippen molar-refractivity contribution < 1.29 is 9.18 Å². The van der Waals surface area contributed by atoms with Crippen LogP contribution in [0.4, 0.5) is 10.2 Å². The molecule has 0 unspecified atom stereocenters. The molecule has 3 aromatic rings. The van der Waals surface area contributed by atoms with Gasteiger partial charge in [0.15, 0.2) is 11.5 Å². The molecule has 8 nitrogen and oxygen atoms in total. The van der Waals surface area contributed by atoms with Gasteiger partial charge in [0.25, 0.3) is 5.91 Å². The molecular weight excluding hydrogens is 361 g/mol. The Kier molecular flexibility index (Phi) is 6.49. The van der Waals surface area contributed by atoms with Gasteiger partial charge in [0.2, 0.25) is 0 Å². The Morgan fingerprint density at radius 2 is 1.89 bits per heavy atom. The maximum Gasteiger partial charge on any atom is 0.251 e. The Balaban J connectivity index is 1.56. The second kappa shape index (κ2) is 9.23. The number of carbonyl (C=O) groups excluding carboxylic acids is 1. The predicted molar refractivity (Wildman–Crippen MR) is 105 cm³/mol. The Labute approximate surface area is 162 Å². The topological polar surface area (TPSA) is 87.5 Å². The molecule has 2 N–H and O–H groups in total. The predicted octanol–water partition coefficient (Wildman–Crippen LogP) is 1.60. The molecule has 1 aromatic carbocycles. The highest BCUT2D eigenvalue weighted by Gasteiger charge is 2.10. The highest BCUT2D eigenvalue weighted by Crippen LogP contribution is 2.08. The van der Waals surface area contributed by atoms with Gasteiger partial charge in [-0.2, -0.15) is 4.52 Å². The summed E-state index contributed by atoms with van der Waals surface area (Å²) in [6.07, 6.45) is 1.49. The fraction of sp³-hybridized carbons (Fsp3) is 0.368. The molecule has 148 valence electrons. The van der Waals surface area contributed by atoms with Crippen LogP contribution in [0.25, 0.3) is 5.65 Å². The fourth-order valence-corrected chi connectivity index (χ4v) is 2.69. The van der Waals surface area contributed by atoms with Crippen LogP contribution >= 0.6 is 0 Å². The summed E-state index contributed by atoms with van der Waals surface area (Å²) in [7, 11) is 4.09. The van der Waals surface area contributed by atoms with Crippen molar-refractivity contribution in [2.45, 2.75) is 12.8 Å². The first-order valence-corrected chi connectivity index (χ1v) is 9.16. The summed E-state index contributed by atoms with van der Waals surface area (Å²) < 4.78 is 14.6. The van der Waals surface area contributed by atoms with Crippen molar-refractivity contribution in [2.75, 3.05) is 39.0 Å². The number of hydrogen-bond acceptors (Lipinski definition) is 6. The molecule has 0 aliphatic rings.